The molecule has 0 atom stereocenters. The molecule has 0 unspecified atom stereocenters. The second-order valence-corrected chi connectivity index (χ2v) is 3.30. The molecule has 0 aromatic heterocycles. The Labute approximate surface area is 100 Å². The molecule has 6 heteroatoms. The number of anilines is 1. The molecule has 0 heterocycles. The number of nitrogens with zero attached hydrogens (tertiary/aromatic N) is 1. The molecule has 1 N–H and O–H groups in total. The summed E-state index contributed by atoms with van der Waals surface area (Å²) in [5.74, 6) is 0.168. The van der Waals surface area contributed by atoms with E-state index in [1.165, 1.54) is 13.0 Å². The lowest BCUT2D eigenvalue weighted by Gasteiger charge is -2.10. The number of nitroso groups, excluding NO2 is 1. The van der Waals surface area contributed by atoms with Crippen LogP contribution in [0.2, 0.25) is 0 Å². The Kier molecular flexibility index (Phi) is 4.47. The zero-order chi connectivity index (χ0) is 11.3. The van der Waals surface area contributed by atoms with Crippen molar-refractivity contribution in [1.82, 2.24) is 0 Å². The summed E-state index contributed by atoms with van der Waals surface area (Å²) in [5.41, 5.74) is 0.476. The number of para-hydroxylation sites is 1. The standard InChI is InChI=1S/C9H9IN2O3/c1-6(13)11-9-7(12-14)3-2-4-8(9)15-5-10/h2-4H,5H2,1H3,(H,11,13). The van der Waals surface area contributed by atoms with Gasteiger partial charge in [-0.3, -0.25) is 4.79 Å². The second kappa shape index (κ2) is 5.64. The third kappa shape index (κ3) is 3.15. The van der Waals surface area contributed by atoms with Crippen molar-refractivity contribution in [1.29, 1.82) is 0 Å². The minimum Gasteiger partial charge on any atom is -0.481 e. The predicted molar refractivity (Wildman–Crippen MR) is 65.7 cm³/mol. The van der Waals surface area contributed by atoms with E-state index in [1.807, 2.05) is 22.6 Å². The van der Waals surface area contributed by atoms with E-state index in [0.717, 1.165) is 0 Å². The summed E-state index contributed by atoms with van der Waals surface area (Å²) in [6.07, 6.45) is 0. The Balaban J connectivity index is 3.13. The summed E-state index contributed by atoms with van der Waals surface area (Å²) < 4.78 is 5.68. The molecular weight excluding hydrogens is 311 g/mol. The normalized spacial score (nSPS) is 9.47. The molecule has 1 aromatic carbocycles. The average Bonchev–Trinajstić information content (AvgIpc) is 2.20. The van der Waals surface area contributed by atoms with Gasteiger partial charge < -0.3 is 10.1 Å². The van der Waals surface area contributed by atoms with E-state index in [2.05, 4.69) is 10.5 Å². The van der Waals surface area contributed by atoms with Crippen molar-refractivity contribution in [3.8, 4) is 5.75 Å². The van der Waals surface area contributed by atoms with Crippen molar-refractivity contribution >= 4 is 39.9 Å². The predicted octanol–water partition coefficient (Wildman–Crippen LogP) is 2.81. The molecule has 0 fully saturated rings. The molecule has 0 aliphatic rings. The molecule has 80 valence electrons. The summed E-state index contributed by atoms with van der Waals surface area (Å²) in [6, 6.07) is 4.82. The fraction of sp³-hybridized carbons (Fsp3) is 0.222. The fourth-order valence-electron chi connectivity index (χ4n) is 1.08. The highest BCUT2D eigenvalue weighted by Crippen LogP contribution is 2.34. The topological polar surface area (TPSA) is 67.8 Å². The van der Waals surface area contributed by atoms with Crippen LogP contribution < -0.4 is 10.1 Å². The minimum absolute atomic E-state index is 0.160. The Morgan fingerprint density at radius 3 is 2.87 bits per heavy atom. The first-order valence-corrected chi connectivity index (χ1v) is 5.64. The summed E-state index contributed by atoms with van der Waals surface area (Å²) in [5, 5.41) is 5.34. The van der Waals surface area contributed by atoms with Gasteiger partial charge in [-0.2, -0.15) is 0 Å². The van der Waals surface area contributed by atoms with Crippen LogP contribution in [0.3, 0.4) is 0 Å². The van der Waals surface area contributed by atoms with Gasteiger partial charge in [-0.25, -0.2) is 0 Å². The highest BCUT2D eigenvalue weighted by Gasteiger charge is 2.11. The SMILES string of the molecule is CC(=O)Nc1c(N=O)cccc1OCI. The molecule has 0 saturated heterocycles. The lowest BCUT2D eigenvalue weighted by molar-refractivity contribution is -0.114. The number of nitrogens with one attached hydrogen (secondary N) is 1. The minimum atomic E-state index is -0.274. The lowest BCUT2D eigenvalue weighted by atomic mass is 10.2. The number of ether oxygens (including phenoxy) is 1. The smallest absolute Gasteiger partial charge is 0.221 e. The molecule has 0 radical (unpaired) electrons. The van der Waals surface area contributed by atoms with Gasteiger partial charge in [0, 0.05) is 6.92 Å². The largest absolute Gasteiger partial charge is 0.481 e. The zero-order valence-electron chi connectivity index (χ0n) is 7.99. The van der Waals surface area contributed by atoms with Gasteiger partial charge in [0.15, 0.2) is 0 Å². The van der Waals surface area contributed by atoms with Crippen molar-refractivity contribution in [3.05, 3.63) is 23.1 Å². The zero-order valence-corrected chi connectivity index (χ0v) is 10.1. The van der Waals surface area contributed by atoms with Crippen LogP contribution in [0, 0.1) is 4.91 Å². The number of alkyl halides is 1. The average molecular weight is 320 g/mol. The first-order valence-electron chi connectivity index (χ1n) is 4.11. The van der Waals surface area contributed by atoms with Crippen LogP contribution in [-0.2, 0) is 4.79 Å². The third-order valence-electron chi connectivity index (χ3n) is 1.61. The van der Waals surface area contributed by atoms with Crippen molar-refractivity contribution in [3.63, 3.8) is 0 Å². The highest BCUT2D eigenvalue weighted by atomic mass is 127. The Hall–Kier alpha value is -1.18. The van der Waals surface area contributed by atoms with Gasteiger partial charge in [0.2, 0.25) is 5.91 Å². The van der Waals surface area contributed by atoms with Crippen LogP contribution in [0.1, 0.15) is 6.92 Å². The number of hydrogen-bond acceptors (Lipinski definition) is 4. The summed E-state index contributed by atoms with van der Waals surface area (Å²) >= 11 is 2.02. The van der Waals surface area contributed by atoms with Gasteiger partial charge in [-0.05, 0) is 39.9 Å². The molecule has 0 bridgehead atoms. The fourth-order valence-corrected chi connectivity index (χ4v) is 1.41. The quantitative estimate of drug-likeness (QED) is 0.527. The van der Waals surface area contributed by atoms with Crippen molar-refractivity contribution in [2.45, 2.75) is 6.92 Å². The van der Waals surface area contributed by atoms with E-state index in [-0.39, 0.29) is 11.6 Å². The molecule has 1 aromatic rings. The summed E-state index contributed by atoms with van der Waals surface area (Å²) in [7, 11) is 0. The van der Waals surface area contributed by atoms with Crippen molar-refractivity contribution in [2.75, 3.05) is 9.93 Å². The van der Waals surface area contributed by atoms with Crippen molar-refractivity contribution in [2.24, 2.45) is 5.18 Å². The van der Waals surface area contributed by atoms with E-state index in [0.29, 0.717) is 16.1 Å². The van der Waals surface area contributed by atoms with Crippen LogP contribution in [0.4, 0.5) is 11.4 Å². The van der Waals surface area contributed by atoms with E-state index in [4.69, 9.17) is 4.74 Å². The van der Waals surface area contributed by atoms with Crippen LogP contribution >= 0.6 is 22.6 Å². The molecule has 15 heavy (non-hydrogen) atoms. The molecule has 1 rings (SSSR count). The Morgan fingerprint density at radius 1 is 1.60 bits per heavy atom. The molecule has 5 nitrogen and oxygen atoms in total. The number of carbonyl (C=O) groups is 1. The Morgan fingerprint density at radius 2 is 2.33 bits per heavy atom. The Bertz CT molecular complexity index is 382. The second-order valence-electron chi connectivity index (χ2n) is 2.68. The van der Waals surface area contributed by atoms with Crippen LogP contribution in [-0.4, -0.2) is 10.5 Å². The maximum absolute atomic E-state index is 10.9. The van der Waals surface area contributed by atoms with Gasteiger partial charge in [-0.1, -0.05) is 6.07 Å². The van der Waals surface area contributed by atoms with E-state index in [1.54, 1.807) is 12.1 Å². The number of benzene rings is 1. The molecule has 0 spiro atoms. The summed E-state index contributed by atoms with van der Waals surface area (Å²) in [6.45, 7) is 1.36. The number of halogens is 1. The maximum atomic E-state index is 10.9. The maximum Gasteiger partial charge on any atom is 0.221 e. The van der Waals surface area contributed by atoms with Gasteiger partial charge in [0.1, 0.15) is 21.7 Å². The molecular formula is C9H9IN2O3. The summed E-state index contributed by atoms with van der Waals surface area (Å²) in [4.78, 5) is 21.4. The van der Waals surface area contributed by atoms with E-state index in [9.17, 15) is 9.70 Å². The van der Waals surface area contributed by atoms with Crippen LogP contribution in [0.15, 0.2) is 23.4 Å². The van der Waals surface area contributed by atoms with Gasteiger partial charge >= 0.3 is 0 Å². The number of rotatable bonds is 4. The molecule has 1 amide bonds. The van der Waals surface area contributed by atoms with Crippen LogP contribution in [0.5, 0.6) is 5.75 Å². The van der Waals surface area contributed by atoms with Gasteiger partial charge in [0.05, 0.1) is 0 Å². The highest BCUT2D eigenvalue weighted by molar-refractivity contribution is 14.1. The molecule has 0 aliphatic carbocycles. The van der Waals surface area contributed by atoms with E-state index >= 15 is 0 Å². The first kappa shape index (κ1) is 11.9. The van der Waals surface area contributed by atoms with Gasteiger partial charge in [-0.15, -0.1) is 4.91 Å². The van der Waals surface area contributed by atoms with Crippen molar-refractivity contribution < 1.29 is 9.53 Å². The lowest BCUT2D eigenvalue weighted by Crippen LogP contribution is -2.07. The third-order valence-corrected chi connectivity index (χ3v) is 1.93. The monoisotopic (exact) mass is 320 g/mol. The van der Waals surface area contributed by atoms with E-state index < -0.39 is 0 Å². The molecule has 0 aliphatic heterocycles. The molecule has 0 saturated carbocycles. The number of amides is 1. The van der Waals surface area contributed by atoms with Gasteiger partial charge in [0.25, 0.3) is 0 Å². The first-order chi connectivity index (χ1) is 7.19. The number of hydrogen-bond donors (Lipinski definition) is 1. The van der Waals surface area contributed by atoms with Crippen LogP contribution in [0.25, 0.3) is 0 Å². The number of carbonyl (C=O) groups excluding carboxylic acids is 1.